The van der Waals surface area contributed by atoms with Gasteiger partial charge in [0.15, 0.2) is 0 Å². The van der Waals surface area contributed by atoms with Crippen LogP contribution in [0, 0.1) is 17.6 Å². The van der Waals surface area contributed by atoms with Crippen molar-refractivity contribution in [1.29, 1.82) is 0 Å². The second-order valence-corrected chi connectivity index (χ2v) is 4.00. The molecule has 1 aliphatic carbocycles. The van der Waals surface area contributed by atoms with Gasteiger partial charge in [-0.15, -0.1) is 0 Å². The molecule has 5 heteroatoms. The van der Waals surface area contributed by atoms with E-state index < -0.39 is 17.5 Å². The van der Waals surface area contributed by atoms with Gasteiger partial charge in [-0.3, -0.25) is 4.79 Å². The maximum atomic E-state index is 13.3. The molecule has 0 heterocycles. The Bertz CT molecular complexity index is 430. The molecular weight excluding hydrogens is 214 g/mol. The fraction of sp³-hybridized carbons (Fsp3) is 0.364. The third-order valence-corrected chi connectivity index (χ3v) is 2.60. The van der Waals surface area contributed by atoms with Crippen LogP contribution in [0.1, 0.15) is 23.2 Å². The van der Waals surface area contributed by atoms with Crippen molar-refractivity contribution in [2.45, 2.75) is 12.8 Å². The Morgan fingerprint density at radius 3 is 2.62 bits per heavy atom. The van der Waals surface area contributed by atoms with Crippen LogP contribution in [0.4, 0.5) is 14.5 Å². The first-order valence-corrected chi connectivity index (χ1v) is 5.10. The summed E-state index contributed by atoms with van der Waals surface area (Å²) in [5, 5.41) is 2.85. The molecule has 0 atom stereocenters. The van der Waals surface area contributed by atoms with E-state index >= 15 is 0 Å². The standard InChI is InChI=1S/C11H12F2N2O/c12-8-4-9(13)10(3-7(8)11(14)16)15-5-6-1-2-6/h3-4,6,15H,1-2,5H2,(H2,14,16). The summed E-state index contributed by atoms with van der Waals surface area (Å²) in [6, 6.07) is 1.80. The van der Waals surface area contributed by atoms with Crippen molar-refractivity contribution in [3.8, 4) is 0 Å². The van der Waals surface area contributed by atoms with Crippen molar-refractivity contribution in [3.05, 3.63) is 29.3 Å². The molecule has 1 aromatic rings. The van der Waals surface area contributed by atoms with E-state index in [1.165, 1.54) is 0 Å². The number of carbonyl (C=O) groups excluding carboxylic acids is 1. The molecule has 0 spiro atoms. The van der Waals surface area contributed by atoms with Gasteiger partial charge in [-0.25, -0.2) is 8.78 Å². The number of amides is 1. The predicted octanol–water partition coefficient (Wildman–Crippen LogP) is 1.89. The van der Waals surface area contributed by atoms with E-state index in [2.05, 4.69) is 5.32 Å². The van der Waals surface area contributed by atoms with Gasteiger partial charge in [0.25, 0.3) is 5.91 Å². The molecule has 0 saturated heterocycles. The van der Waals surface area contributed by atoms with Gasteiger partial charge < -0.3 is 11.1 Å². The van der Waals surface area contributed by atoms with Gasteiger partial charge in [0.1, 0.15) is 11.6 Å². The highest BCUT2D eigenvalue weighted by Crippen LogP contribution is 2.29. The number of rotatable bonds is 4. The number of nitrogens with two attached hydrogens (primary N) is 1. The first-order valence-electron chi connectivity index (χ1n) is 5.10. The molecule has 86 valence electrons. The van der Waals surface area contributed by atoms with E-state index in [1.807, 2.05) is 0 Å². The van der Waals surface area contributed by atoms with E-state index in [1.54, 1.807) is 0 Å². The summed E-state index contributed by atoms with van der Waals surface area (Å²) in [6.07, 6.45) is 2.25. The molecule has 0 aromatic heterocycles. The Balaban J connectivity index is 2.21. The molecule has 2 rings (SSSR count). The van der Waals surface area contributed by atoms with Gasteiger partial charge in [-0.05, 0) is 24.8 Å². The summed E-state index contributed by atoms with van der Waals surface area (Å²) < 4.78 is 26.4. The fourth-order valence-electron chi connectivity index (χ4n) is 1.45. The first kappa shape index (κ1) is 10.9. The van der Waals surface area contributed by atoms with Gasteiger partial charge in [0.05, 0.1) is 11.3 Å². The number of hydrogen-bond donors (Lipinski definition) is 2. The van der Waals surface area contributed by atoms with Crippen LogP contribution < -0.4 is 11.1 Å². The molecule has 0 radical (unpaired) electrons. The molecule has 0 bridgehead atoms. The highest BCUT2D eigenvalue weighted by molar-refractivity contribution is 5.94. The zero-order valence-electron chi connectivity index (χ0n) is 8.59. The summed E-state index contributed by atoms with van der Waals surface area (Å²) >= 11 is 0. The molecule has 3 N–H and O–H groups in total. The minimum Gasteiger partial charge on any atom is -0.382 e. The van der Waals surface area contributed by atoms with Crippen molar-refractivity contribution in [2.75, 3.05) is 11.9 Å². The third-order valence-electron chi connectivity index (χ3n) is 2.60. The van der Waals surface area contributed by atoms with E-state index in [4.69, 9.17) is 5.73 Å². The average Bonchev–Trinajstić information content (AvgIpc) is 2.99. The summed E-state index contributed by atoms with van der Waals surface area (Å²) in [5.74, 6) is -1.97. The van der Waals surface area contributed by atoms with Crippen LogP contribution in [0.25, 0.3) is 0 Å². The number of hydrogen-bond acceptors (Lipinski definition) is 2. The number of nitrogens with one attached hydrogen (secondary N) is 1. The smallest absolute Gasteiger partial charge is 0.251 e. The van der Waals surface area contributed by atoms with Crippen molar-refractivity contribution in [1.82, 2.24) is 0 Å². The van der Waals surface area contributed by atoms with Crippen LogP contribution in [0.2, 0.25) is 0 Å². The lowest BCUT2D eigenvalue weighted by Crippen LogP contribution is -2.15. The van der Waals surface area contributed by atoms with E-state index in [9.17, 15) is 13.6 Å². The molecule has 1 aromatic carbocycles. The minimum absolute atomic E-state index is 0.127. The normalized spacial score (nSPS) is 14.9. The number of carbonyl (C=O) groups is 1. The maximum Gasteiger partial charge on any atom is 0.251 e. The molecule has 1 fully saturated rings. The Morgan fingerprint density at radius 2 is 2.06 bits per heavy atom. The highest BCUT2D eigenvalue weighted by atomic mass is 19.1. The minimum atomic E-state index is -0.929. The lowest BCUT2D eigenvalue weighted by atomic mass is 10.1. The summed E-state index contributed by atoms with van der Waals surface area (Å²) in [6.45, 7) is 0.640. The third kappa shape index (κ3) is 2.29. The first-order chi connectivity index (χ1) is 7.58. The Labute approximate surface area is 91.6 Å². The van der Waals surface area contributed by atoms with Crippen LogP contribution in [-0.4, -0.2) is 12.5 Å². The van der Waals surface area contributed by atoms with E-state index in [-0.39, 0.29) is 11.3 Å². The zero-order chi connectivity index (χ0) is 11.7. The van der Waals surface area contributed by atoms with Crippen LogP contribution in [0.5, 0.6) is 0 Å². The van der Waals surface area contributed by atoms with Gasteiger partial charge in [-0.1, -0.05) is 0 Å². The number of anilines is 1. The van der Waals surface area contributed by atoms with Crippen molar-refractivity contribution in [2.24, 2.45) is 11.7 Å². The number of benzene rings is 1. The van der Waals surface area contributed by atoms with E-state index in [0.717, 1.165) is 18.9 Å². The van der Waals surface area contributed by atoms with E-state index in [0.29, 0.717) is 18.5 Å². The van der Waals surface area contributed by atoms with Crippen LogP contribution >= 0.6 is 0 Å². The zero-order valence-corrected chi connectivity index (χ0v) is 8.59. The topological polar surface area (TPSA) is 55.1 Å². The fourth-order valence-corrected chi connectivity index (χ4v) is 1.45. The average molecular weight is 226 g/mol. The van der Waals surface area contributed by atoms with Crippen molar-refractivity contribution >= 4 is 11.6 Å². The SMILES string of the molecule is NC(=O)c1cc(NCC2CC2)c(F)cc1F. The molecule has 0 aliphatic heterocycles. The molecule has 1 saturated carbocycles. The molecule has 3 nitrogen and oxygen atoms in total. The van der Waals surface area contributed by atoms with Gasteiger partial charge in [0.2, 0.25) is 0 Å². The van der Waals surface area contributed by atoms with Gasteiger partial charge in [0, 0.05) is 12.6 Å². The highest BCUT2D eigenvalue weighted by Gasteiger charge is 2.21. The molecular formula is C11H12F2N2O. The molecule has 1 aliphatic rings. The van der Waals surface area contributed by atoms with Gasteiger partial charge in [-0.2, -0.15) is 0 Å². The lowest BCUT2D eigenvalue weighted by molar-refractivity contribution is 0.0996. The summed E-state index contributed by atoms with van der Waals surface area (Å²) in [5.41, 5.74) is 4.81. The maximum absolute atomic E-state index is 13.3. The Morgan fingerprint density at radius 1 is 1.38 bits per heavy atom. The van der Waals surface area contributed by atoms with Gasteiger partial charge >= 0.3 is 0 Å². The molecule has 1 amide bonds. The van der Waals surface area contributed by atoms with Crippen LogP contribution in [0.15, 0.2) is 12.1 Å². The largest absolute Gasteiger partial charge is 0.382 e. The van der Waals surface area contributed by atoms with Crippen LogP contribution in [0.3, 0.4) is 0 Å². The Kier molecular flexibility index (Phi) is 2.77. The molecule has 16 heavy (non-hydrogen) atoms. The Hall–Kier alpha value is -1.65. The van der Waals surface area contributed by atoms with Crippen molar-refractivity contribution in [3.63, 3.8) is 0 Å². The second-order valence-electron chi connectivity index (χ2n) is 4.00. The van der Waals surface area contributed by atoms with Crippen molar-refractivity contribution < 1.29 is 13.6 Å². The quantitative estimate of drug-likeness (QED) is 0.823. The van der Waals surface area contributed by atoms with Crippen LogP contribution in [-0.2, 0) is 0 Å². The monoisotopic (exact) mass is 226 g/mol. The number of primary amides is 1. The second kappa shape index (κ2) is 4.08. The lowest BCUT2D eigenvalue weighted by Gasteiger charge is -2.08. The predicted molar refractivity (Wildman–Crippen MR) is 56.1 cm³/mol. The number of halogens is 2. The summed E-state index contributed by atoms with van der Waals surface area (Å²) in [7, 11) is 0. The summed E-state index contributed by atoms with van der Waals surface area (Å²) in [4.78, 5) is 10.9. The molecule has 0 unspecified atom stereocenters.